The number of rotatable bonds is 3. The van der Waals surface area contributed by atoms with E-state index in [1.165, 1.54) is 5.56 Å². The van der Waals surface area contributed by atoms with E-state index in [0.29, 0.717) is 5.56 Å². The highest BCUT2D eigenvalue weighted by Crippen LogP contribution is 2.32. The lowest BCUT2D eigenvalue weighted by atomic mass is 9.98. The zero-order valence-corrected chi connectivity index (χ0v) is 11.2. The standard InChI is InChI=1S/C16H15NO3/c1-11-2-3-14(10-15(11)17(18)19)12-4-6-13(7-5-12)16-8-9-20-16/h2-7,10,16H,8-9H2,1H3. The van der Waals surface area contributed by atoms with Gasteiger partial charge in [0.25, 0.3) is 5.69 Å². The highest BCUT2D eigenvalue weighted by molar-refractivity contribution is 5.67. The first-order chi connectivity index (χ1) is 9.65. The molecular formula is C16H15NO3. The smallest absolute Gasteiger partial charge is 0.272 e. The van der Waals surface area contributed by atoms with Gasteiger partial charge >= 0.3 is 0 Å². The van der Waals surface area contributed by atoms with Gasteiger partial charge in [0.2, 0.25) is 0 Å². The number of hydrogen-bond donors (Lipinski definition) is 0. The average Bonchev–Trinajstić information content (AvgIpc) is 2.38. The van der Waals surface area contributed by atoms with E-state index in [9.17, 15) is 10.1 Å². The summed E-state index contributed by atoms with van der Waals surface area (Å²) in [4.78, 5) is 10.6. The van der Waals surface area contributed by atoms with Crippen LogP contribution in [0.3, 0.4) is 0 Å². The molecule has 2 aromatic carbocycles. The molecule has 1 fully saturated rings. The fraction of sp³-hybridized carbons (Fsp3) is 0.250. The Hall–Kier alpha value is -2.20. The number of benzene rings is 2. The molecule has 4 heteroatoms. The SMILES string of the molecule is Cc1ccc(-c2ccc(C3CCO3)cc2)cc1[N+](=O)[O-]. The normalized spacial score (nSPS) is 17.6. The predicted molar refractivity (Wildman–Crippen MR) is 76.6 cm³/mol. The number of nitro benzene ring substituents is 1. The molecule has 1 atom stereocenters. The quantitative estimate of drug-likeness (QED) is 0.624. The first-order valence-electron chi connectivity index (χ1n) is 6.62. The molecule has 0 aromatic heterocycles. The Morgan fingerprint density at radius 2 is 1.80 bits per heavy atom. The van der Waals surface area contributed by atoms with Gasteiger partial charge in [-0.2, -0.15) is 0 Å². The summed E-state index contributed by atoms with van der Waals surface area (Å²) in [6.45, 7) is 2.58. The van der Waals surface area contributed by atoms with Crippen molar-refractivity contribution in [1.29, 1.82) is 0 Å². The molecule has 3 rings (SSSR count). The monoisotopic (exact) mass is 269 g/mol. The molecule has 1 aliphatic heterocycles. The molecule has 1 unspecified atom stereocenters. The second kappa shape index (κ2) is 5.06. The summed E-state index contributed by atoms with van der Waals surface area (Å²) in [6.07, 6.45) is 1.28. The van der Waals surface area contributed by atoms with E-state index in [1.807, 2.05) is 30.3 Å². The fourth-order valence-corrected chi connectivity index (χ4v) is 2.37. The maximum Gasteiger partial charge on any atom is 0.272 e. The minimum absolute atomic E-state index is 0.161. The Balaban J connectivity index is 1.92. The fourth-order valence-electron chi connectivity index (χ4n) is 2.37. The first kappa shape index (κ1) is 12.8. The highest BCUT2D eigenvalue weighted by atomic mass is 16.6. The van der Waals surface area contributed by atoms with Gasteiger partial charge in [-0.3, -0.25) is 10.1 Å². The first-order valence-corrected chi connectivity index (χ1v) is 6.62. The molecule has 0 aliphatic carbocycles. The topological polar surface area (TPSA) is 52.4 Å². The number of hydrogen-bond acceptors (Lipinski definition) is 3. The molecule has 2 aromatic rings. The molecular weight excluding hydrogens is 254 g/mol. The van der Waals surface area contributed by atoms with Crippen molar-refractivity contribution in [3.63, 3.8) is 0 Å². The van der Waals surface area contributed by atoms with Crippen LogP contribution >= 0.6 is 0 Å². The van der Waals surface area contributed by atoms with Crippen LogP contribution in [0.1, 0.15) is 23.7 Å². The summed E-state index contributed by atoms with van der Waals surface area (Å²) in [6, 6.07) is 13.4. The van der Waals surface area contributed by atoms with Gasteiger partial charge in [-0.05, 0) is 23.6 Å². The Bertz CT molecular complexity index is 645. The maximum atomic E-state index is 11.0. The van der Waals surface area contributed by atoms with Gasteiger partial charge in [-0.25, -0.2) is 0 Å². The molecule has 0 N–H and O–H groups in total. The van der Waals surface area contributed by atoms with E-state index in [-0.39, 0.29) is 16.7 Å². The number of nitro groups is 1. The second-order valence-corrected chi connectivity index (χ2v) is 5.03. The summed E-state index contributed by atoms with van der Waals surface area (Å²) in [5.74, 6) is 0. The lowest BCUT2D eigenvalue weighted by molar-refractivity contribution is -0.385. The van der Waals surface area contributed by atoms with Gasteiger partial charge in [0.1, 0.15) is 0 Å². The lowest BCUT2D eigenvalue weighted by Crippen LogP contribution is -2.17. The Morgan fingerprint density at radius 3 is 2.35 bits per heavy atom. The van der Waals surface area contributed by atoms with Crippen LogP contribution in [-0.2, 0) is 4.74 Å². The predicted octanol–water partition coefficient (Wildman–Crippen LogP) is 4.03. The third-order valence-corrected chi connectivity index (χ3v) is 3.72. The molecule has 4 nitrogen and oxygen atoms in total. The Morgan fingerprint density at radius 1 is 1.15 bits per heavy atom. The maximum absolute atomic E-state index is 11.0. The van der Waals surface area contributed by atoms with Crippen LogP contribution in [0.2, 0.25) is 0 Å². The third-order valence-electron chi connectivity index (χ3n) is 3.72. The second-order valence-electron chi connectivity index (χ2n) is 5.03. The molecule has 0 radical (unpaired) electrons. The van der Waals surface area contributed by atoms with Gasteiger partial charge in [0, 0.05) is 18.1 Å². The van der Waals surface area contributed by atoms with Crippen molar-refractivity contribution in [1.82, 2.24) is 0 Å². The summed E-state index contributed by atoms with van der Waals surface area (Å²) >= 11 is 0. The van der Waals surface area contributed by atoms with E-state index in [0.717, 1.165) is 24.2 Å². The minimum Gasteiger partial charge on any atom is -0.373 e. The van der Waals surface area contributed by atoms with Crippen LogP contribution < -0.4 is 0 Å². The van der Waals surface area contributed by atoms with Crippen molar-refractivity contribution >= 4 is 5.69 Å². The molecule has 0 spiro atoms. The molecule has 102 valence electrons. The minimum atomic E-state index is -0.338. The van der Waals surface area contributed by atoms with E-state index in [2.05, 4.69) is 0 Å². The number of nitrogens with zero attached hydrogens (tertiary/aromatic N) is 1. The zero-order valence-electron chi connectivity index (χ0n) is 11.2. The van der Waals surface area contributed by atoms with Gasteiger partial charge in [-0.1, -0.05) is 36.4 Å². The van der Waals surface area contributed by atoms with Crippen LogP contribution in [0.15, 0.2) is 42.5 Å². The van der Waals surface area contributed by atoms with Crippen molar-refractivity contribution in [3.8, 4) is 11.1 Å². The van der Waals surface area contributed by atoms with Gasteiger partial charge in [0.15, 0.2) is 0 Å². The molecule has 0 saturated carbocycles. The highest BCUT2D eigenvalue weighted by Gasteiger charge is 2.20. The Labute approximate surface area is 117 Å². The van der Waals surface area contributed by atoms with E-state index >= 15 is 0 Å². The zero-order chi connectivity index (χ0) is 14.1. The summed E-state index contributed by atoms with van der Waals surface area (Å²) < 4.78 is 5.44. The van der Waals surface area contributed by atoms with Crippen molar-refractivity contribution < 1.29 is 9.66 Å². The molecule has 0 bridgehead atoms. The van der Waals surface area contributed by atoms with Gasteiger partial charge in [0.05, 0.1) is 17.6 Å². The van der Waals surface area contributed by atoms with Crippen molar-refractivity contribution in [2.45, 2.75) is 19.4 Å². The van der Waals surface area contributed by atoms with Crippen LogP contribution in [-0.4, -0.2) is 11.5 Å². The van der Waals surface area contributed by atoms with Crippen molar-refractivity contribution in [3.05, 3.63) is 63.7 Å². The van der Waals surface area contributed by atoms with Crippen LogP contribution in [0.25, 0.3) is 11.1 Å². The summed E-state index contributed by atoms with van der Waals surface area (Å²) in [5.41, 5.74) is 3.85. The van der Waals surface area contributed by atoms with Crippen molar-refractivity contribution in [2.75, 3.05) is 6.61 Å². The molecule has 20 heavy (non-hydrogen) atoms. The molecule has 0 amide bonds. The largest absolute Gasteiger partial charge is 0.373 e. The van der Waals surface area contributed by atoms with Crippen molar-refractivity contribution in [2.24, 2.45) is 0 Å². The summed E-state index contributed by atoms with van der Waals surface area (Å²) in [5, 5.41) is 11.0. The van der Waals surface area contributed by atoms with Gasteiger partial charge in [-0.15, -0.1) is 0 Å². The summed E-state index contributed by atoms with van der Waals surface area (Å²) in [7, 11) is 0. The van der Waals surface area contributed by atoms with Crippen LogP contribution in [0.4, 0.5) is 5.69 Å². The lowest BCUT2D eigenvalue weighted by Gasteiger charge is -2.26. The van der Waals surface area contributed by atoms with E-state index in [1.54, 1.807) is 19.1 Å². The number of aryl methyl sites for hydroxylation is 1. The molecule has 1 aliphatic rings. The van der Waals surface area contributed by atoms with Crippen LogP contribution in [0.5, 0.6) is 0 Å². The third kappa shape index (κ3) is 2.30. The van der Waals surface area contributed by atoms with E-state index < -0.39 is 0 Å². The Kier molecular flexibility index (Phi) is 3.24. The van der Waals surface area contributed by atoms with E-state index in [4.69, 9.17) is 4.74 Å². The molecule has 1 saturated heterocycles. The average molecular weight is 269 g/mol. The van der Waals surface area contributed by atoms with Gasteiger partial charge < -0.3 is 4.74 Å². The number of ether oxygens (including phenoxy) is 1. The molecule has 1 heterocycles. The van der Waals surface area contributed by atoms with Crippen LogP contribution in [0, 0.1) is 17.0 Å².